The van der Waals surface area contributed by atoms with E-state index in [9.17, 15) is 5.11 Å². The highest BCUT2D eigenvalue weighted by molar-refractivity contribution is 4.50. The zero-order valence-electron chi connectivity index (χ0n) is 16.8. The first-order valence-corrected chi connectivity index (χ1v) is 10.5. The van der Waals surface area contributed by atoms with E-state index in [1.54, 1.807) is 0 Å². The Kier molecular flexibility index (Phi) is 15.4. The molecule has 0 aliphatic carbocycles. The number of hydrogen-bond donors (Lipinski definition) is 1. The smallest absolute Gasteiger partial charge is 0.104 e. The molecule has 0 radical (unpaired) electrons. The van der Waals surface area contributed by atoms with Crippen LogP contribution in [0, 0.1) is 0 Å². The van der Waals surface area contributed by atoms with Gasteiger partial charge in [-0.05, 0) is 19.8 Å². The van der Waals surface area contributed by atoms with E-state index in [4.69, 9.17) is 0 Å². The minimum Gasteiger partial charge on any atom is -0.388 e. The van der Waals surface area contributed by atoms with Crippen molar-refractivity contribution in [3.8, 4) is 0 Å². The summed E-state index contributed by atoms with van der Waals surface area (Å²) in [6.07, 6.45) is 19.7. The van der Waals surface area contributed by atoms with Gasteiger partial charge < -0.3 is 9.59 Å². The van der Waals surface area contributed by atoms with Crippen LogP contribution in [0.2, 0.25) is 0 Å². The van der Waals surface area contributed by atoms with Crippen molar-refractivity contribution < 1.29 is 9.59 Å². The van der Waals surface area contributed by atoms with Gasteiger partial charge in [-0.3, -0.25) is 0 Å². The Morgan fingerprint density at radius 3 is 1.35 bits per heavy atom. The SMILES string of the molecule is CCCCCCCCCCCCCCCC[N+](C)(C)C[C@H](C)O. The Morgan fingerprint density at radius 1 is 0.652 bits per heavy atom. The molecule has 2 nitrogen and oxygen atoms in total. The second kappa shape index (κ2) is 15.4. The molecule has 0 unspecified atom stereocenters. The lowest BCUT2D eigenvalue weighted by Crippen LogP contribution is -2.45. The average molecular weight is 329 g/mol. The van der Waals surface area contributed by atoms with Gasteiger partial charge in [-0.25, -0.2) is 0 Å². The van der Waals surface area contributed by atoms with Gasteiger partial charge in [0.2, 0.25) is 0 Å². The second-order valence-electron chi connectivity index (χ2n) is 8.29. The molecule has 0 aromatic carbocycles. The largest absolute Gasteiger partial charge is 0.388 e. The van der Waals surface area contributed by atoms with Gasteiger partial charge in [-0.2, -0.15) is 0 Å². The molecule has 140 valence electrons. The molecule has 23 heavy (non-hydrogen) atoms. The number of likely N-dealkylation sites (N-methyl/N-ethyl adjacent to an activating group) is 1. The van der Waals surface area contributed by atoms with Crippen molar-refractivity contribution in [3.63, 3.8) is 0 Å². The fourth-order valence-corrected chi connectivity index (χ4v) is 3.54. The van der Waals surface area contributed by atoms with Crippen molar-refractivity contribution in [2.45, 2.75) is 110 Å². The summed E-state index contributed by atoms with van der Waals surface area (Å²) >= 11 is 0. The van der Waals surface area contributed by atoms with Gasteiger partial charge in [-0.15, -0.1) is 0 Å². The predicted octanol–water partition coefficient (Wildman–Crippen LogP) is 5.92. The Balaban J connectivity index is 3.19. The maximum atomic E-state index is 9.49. The molecule has 0 fully saturated rings. The molecule has 0 spiro atoms. The van der Waals surface area contributed by atoms with Crippen LogP contribution in [0.15, 0.2) is 0 Å². The first-order chi connectivity index (χ1) is 11.0. The molecule has 1 N–H and O–H groups in total. The second-order valence-corrected chi connectivity index (χ2v) is 8.29. The molecular formula is C21H46NO+. The molecule has 2 heteroatoms. The van der Waals surface area contributed by atoms with Gasteiger partial charge in [0, 0.05) is 0 Å². The van der Waals surface area contributed by atoms with E-state index in [0.29, 0.717) is 0 Å². The van der Waals surface area contributed by atoms with E-state index in [2.05, 4.69) is 21.0 Å². The highest BCUT2D eigenvalue weighted by Crippen LogP contribution is 2.13. The summed E-state index contributed by atoms with van der Waals surface area (Å²) in [5.41, 5.74) is 0. The van der Waals surface area contributed by atoms with Crippen LogP contribution in [-0.4, -0.2) is 42.9 Å². The van der Waals surface area contributed by atoms with Crippen LogP contribution >= 0.6 is 0 Å². The molecule has 0 saturated carbocycles. The third kappa shape index (κ3) is 18.1. The van der Waals surface area contributed by atoms with E-state index in [1.165, 1.54) is 96.4 Å². The summed E-state index contributed by atoms with van der Waals surface area (Å²) in [5, 5.41) is 9.49. The number of quaternary nitrogens is 1. The predicted molar refractivity (Wildman–Crippen MR) is 104 cm³/mol. The quantitative estimate of drug-likeness (QED) is 0.259. The summed E-state index contributed by atoms with van der Waals surface area (Å²) < 4.78 is 0.954. The van der Waals surface area contributed by atoms with Crippen molar-refractivity contribution in [2.24, 2.45) is 0 Å². The summed E-state index contributed by atoms with van der Waals surface area (Å²) in [7, 11) is 4.46. The maximum absolute atomic E-state index is 9.49. The van der Waals surface area contributed by atoms with E-state index < -0.39 is 0 Å². The maximum Gasteiger partial charge on any atom is 0.104 e. The highest BCUT2D eigenvalue weighted by Gasteiger charge is 2.16. The first kappa shape index (κ1) is 22.9. The molecule has 1 atom stereocenters. The van der Waals surface area contributed by atoms with Gasteiger partial charge in [-0.1, -0.05) is 84.0 Å². The van der Waals surface area contributed by atoms with Crippen molar-refractivity contribution in [3.05, 3.63) is 0 Å². The minimum atomic E-state index is -0.184. The highest BCUT2D eigenvalue weighted by atomic mass is 16.3. The van der Waals surface area contributed by atoms with E-state index >= 15 is 0 Å². The molecule has 0 heterocycles. The normalized spacial score (nSPS) is 13.4. The lowest BCUT2D eigenvalue weighted by atomic mass is 10.0. The minimum absolute atomic E-state index is 0.184. The summed E-state index contributed by atoms with van der Waals surface area (Å²) in [5.74, 6) is 0. The van der Waals surface area contributed by atoms with Crippen LogP contribution in [0.4, 0.5) is 0 Å². The zero-order chi connectivity index (χ0) is 17.4. The van der Waals surface area contributed by atoms with Crippen molar-refractivity contribution in [2.75, 3.05) is 27.2 Å². The van der Waals surface area contributed by atoms with E-state index in [0.717, 1.165) is 11.0 Å². The van der Waals surface area contributed by atoms with Gasteiger partial charge in [0.05, 0.1) is 20.6 Å². The fourth-order valence-electron chi connectivity index (χ4n) is 3.54. The Morgan fingerprint density at radius 2 is 1.00 bits per heavy atom. The van der Waals surface area contributed by atoms with Gasteiger partial charge in [0.25, 0.3) is 0 Å². The number of aliphatic hydroxyl groups is 1. The molecular weight excluding hydrogens is 282 g/mol. The number of nitrogens with zero attached hydrogens (tertiary/aromatic N) is 1. The standard InChI is InChI=1S/C21H46NO/c1-5-6-7-8-9-10-11-12-13-14-15-16-17-18-19-22(3,4)20-21(2)23/h21,23H,5-20H2,1-4H3/q+1/t21-/m0/s1. The van der Waals surface area contributed by atoms with E-state index in [1.807, 2.05) is 6.92 Å². The molecule has 0 aliphatic heterocycles. The van der Waals surface area contributed by atoms with Crippen LogP contribution in [0.3, 0.4) is 0 Å². The lowest BCUT2D eigenvalue weighted by molar-refractivity contribution is -0.893. The Bertz CT molecular complexity index is 238. The van der Waals surface area contributed by atoms with Crippen LogP contribution in [0.1, 0.15) is 104 Å². The third-order valence-electron chi connectivity index (χ3n) is 4.88. The molecule has 0 aliphatic rings. The lowest BCUT2D eigenvalue weighted by Gasteiger charge is -2.31. The van der Waals surface area contributed by atoms with Crippen LogP contribution in [0.25, 0.3) is 0 Å². The first-order valence-electron chi connectivity index (χ1n) is 10.5. The summed E-state index contributed by atoms with van der Waals surface area (Å²) in [4.78, 5) is 0. The molecule has 0 amide bonds. The Hall–Kier alpha value is -0.0800. The number of rotatable bonds is 17. The number of aliphatic hydroxyl groups excluding tert-OH is 1. The van der Waals surface area contributed by atoms with Gasteiger partial charge >= 0.3 is 0 Å². The topological polar surface area (TPSA) is 20.2 Å². The summed E-state index contributed by atoms with van der Waals surface area (Å²) in [6, 6.07) is 0. The van der Waals surface area contributed by atoms with Gasteiger partial charge in [0.1, 0.15) is 12.6 Å². The van der Waals surface area contributed by atoms with Crippen LogP contribution in [-0.2, 0) is 0 Å². The van der Waals surface area contributed by atoms with Crippen molar-refractivity contribution in [1.82, 2.24) is 0 Å². The van der Waals surface area contributed by atoms with Crippen molar-refractivity contribution in [1.29, 1.82) is 0 Å². The fraction of sp³-hybridized carbons (Fsp3) is 1.00. The van der Waals surface area contributed by atoms with E-state index in [-0.39, 0.29) is 6.10 Å². The molecule has 0 rings (SSSR count). The molecule has 0 saturated heterocycles. The van der Waals surface area contributed by atoms with Crippen LogP contribution < -0.4 is 0 Å². The molecule has 0 aromatic rings. The average Bonchev–Trinajstić information content (AvgIpc) is 2.46. The van der Waals surface area contributed by atoms with Crippen molar-refractivity contribution >= 4 is 0 Å². The van der Waals surface area contributed by atoms with Gasteiger partial charge in [0.15, 0.2) is 0 Å². The summed E-state index contributed by atoms with van der Waals surface area (Å²) in [6.45, 7) is 6.25. The third-order valence-corrected chi connectivity index (χ3v) is 4.88. The zero-order valence-corrected chi connectivity index (χ0v) is 16.8. The molecule has 0 aromatic heterocycles. The Labute approximate surface area is 147 Å². The molecule has 0 bridgehead atoms. The number of unbranched alkanes of at least 4 members (excludes halogenated alkanes) is 13. The number of hydrogen-bond acceptors (Lipinski definition) is 1. The monoisotopic (exact) mass is 328 g/mol. The van der Waals surface area contributed by atoms with Crippen LogP contribution in [0.5, 0.6) is 0 Å².